The highest BCUT2D eigenvalue weighted by Gasteiger charge is 2.26. The van der Waals surface area contributed by atoms with Gasteiger partial charge in [-0.05, 0) is 54.0 Å². The van der Waals surface area contributed by atoms with E-state index in [2.05, 4.69) is 29.4 Å². The Morgan fingerprint density at radius 2 is 1.70 bits per heavy atom. The summed E-state index contributed by atoms with van der Waals surface area (Å²) in [4.78, 5) is 16.4. The molecule has 1 aliphatic carbocycles. The molecule has 0 saturated heterocycles. The number of rotatable bonds is 3. The van der Waals surface area contributed by atoms with Crippen LogP contribution in [0.1, 0.15) is 34.8 Å². The lowest BCUT2D eigenvalue weighted by Gasteiger charge is -2.26. The quantitative estimate of drug-likeness (QED) is 0.570. The Morgan fingerprint density at radius 1 is 1.04 bits per heavy atom. The van der Waals surface area contributed by atoms with Crippen molar-refractivity contribution >= 4 is 23.8 Å². The van der Waals surface area contributed by atoms with Crippen LogP contribution >= 0.6 is 12.2 Å². The molecule has 0 fully saturated rings. The van der Waals surface area contributed by atoms with Gasteiger partial charge in [0.1, 0.15) is 4.64 Å². The molecule has 0 spiro atoms. The second-order valence-electron chi connectivity index (χ2n) is 7.20. The molecule has 27 heavy (non-hydrogen) atoms. The molecule has 3 aromatic rings. The molecule has 0 unspecified atom stereocenters. The van der Waals surface area contributed by atoms with E-state index in [9.17, 15) is 4.79 Å². The molecule has 0 saturated carbocycles. The van der Waals surface area contributed by atoms with Crippen LogP contribution in [0.4, 0.5) is 5.69 Å². The van der Waals surface area contributed by atoms with Crippen LogP contribution in [0.5, 0.6) is 0 Å². The lowest BCUT2D eigenvalue weighted by atomic mass is 9.81. The van der Waals surface area contributed by atoms with Crippen molar-refractivity contribution in [3.8, 4) is 11.3 Å². The van der Waals surface area contributed by atoms with Crippen LogP contribution in [0.15, 0.2) is 60.7 Å². The predicted octanol–water partition coefficient (Wildman–Crippen LogP) is 5.79. The second kappa shape index (κ2) is 7.49. The molecule has 1 atom stereocenters. The van der Waals surface area contributed by atoms with E-state index in [1.165, 1.54) is 5.56 Å². The summed E-state index contributed by atoms with van der Waals surface area (Å²) in [5.41, 5.74) is 5.90. The van der Waals surface area contributed by atoms with Crippen molar-refractivity contribution in [1.29, 1.82) is 0 Å². The van der Waals surface area contributed by atoms with Gasteiger partial charge < -0.3 is 10.3 Å². The molecule has 1 aliphatic rings. The van der Waals surface area contributed by atoms with Gasteiger partial charge in [-0.25, -0.2) is 0 Å². The molecular formula is C23H22N2OS. The Morgan fingerprint density at radius 3 is 2.41 bits per heavy atom. The van der Waals surface area contributed by atoms with Crippen molar-refractivity contribution in [3.05, 3.63) is 82.0 Å². The average Bonchev–Trinajstić information content (AvgIpc) is 2.68. The van der Waals surface area contributed by atoms with Crippen molar-refractivity contribution in [2.45, 2.75) is 26.2 Å². The number of para-hydroxylation sites is 1. The van der Waals surface area contributed by atoms with E-state index in [1.54, 1.807) is 0 Å². The van der Waals surface area contributed by atoms with Gasteiger partial charge in [0.15, 0.2) is 0 Å². The Bertz CT molecular complexity index is 1030. The number of fused-ring (bicyclic) bond motifs is 1. The van der Waals surface area contributed by atoms with Gasteiger partial charge in [0.2, 0.25) is 0 Å². The first-order chi connectivity index (χ1) is 13.1. The third kappa shape index (κ3) is 3.58. The fourth-order valence-corrected chi connectivity index (χ4v) is 4.16. The summed E-state index contributed by atoms with van der Waals surface area (Å²) in [5, 5.41) is 3.00. The normalized spacial score (nSPS) is 15.8. The van der Waals surface area contributed by atoms with Crippen LogP contribution in [0.2, 0.25) is 0 Å². The molecule has 4 heteroatoms. The van der Waals surface area contributed by atoms with Gasteiger partial charge in [-0.15, -0.1) is 0 Å². The standard InChI is InChI=1S/C23H22N2OS/c1-15-12-13-18-19(14-15)20(22(26)24-17-10-6-3-7-11-17)23(27)25-21(18)16-8-4-2-5-9-16/h2-11,15H,12-14H2,1H3,(H,24,26)(H,25,27)/t15-/m1/s1. The Kier molecular flexibility index (Phi) is 4.90. The summed E-state index contributed by atoms with van der Waals surface area (Å²) in [6.45, 7) is 2.24. The number of hydrogen-bond donors (Lipinski definition) is 2. The molecule has 0 bridgehead atoms. The topological polar surface area (TPSA) is 44.9 Å². The summed E-state index contributed by atoms with van der Waals surface area (Å²) in [7, 11) is 0. The molecule has 1 aromatic heterocycles. The van der Waals surface area contributed by atoms with E-state index >= 15 is 0 Å². The highest BCUT2D eigenvalue weighted by atomic mass is 32.1. The van der Waals surface area contributed by atoms with Gasteiger partial charge in [0.05, 0.1) is 5.56 Å². The number of aromatic amines is 1. The third-order valence-corrected chi connectivity index (χ3v) is 5.50. The minimum Gasteiger partial charge on any atom is -0.345 e. The zero-order valence-corrected chi connectivity index (χ0v) is 16.1. The van der Waals surface area contributed by atoms with E-state index in [0.29, 0.717) is 16.1 Å². The van der Waals surface area contributed by atoms with E-state index in [1.807, 2.05) is 48.5 Å². The fourth-order valence-electron chi connectivity index (χ4n) is 3.84. The van der Waals surface area contributed by atoms with Crippen LogP contribution in [0.3, 0.4) is 0 Å². The lowest BCUT2D eigenvalue weighted by Crippen LogP contribution is -2.22. The van der Waals surface area contributed by atoms with Gasteiger partial charge >= 0.3 is 0 Å². The van der Waals surface area contributed by atoms with Gasteiger partial charge in [0, 0.05) is 11.4 Å². The summed E-state index contributed by atoms with van der Waals surface area (Å²) in [6, 6.07) is 19.8. The lowest BCUT2D eigenvalue weighted by molar-refractivity contribution is 0.102. The maximum Gasteiger partial charge on any atom is 0.258 e. The first kappa shape index (κ1) is 17.7. The summed E-state index contributed by atoms with van der Waals surface area (Å²) < 4.78 is 0.509. The van der Waals surface area contributed by atoms with Gasteiger partial charge in [-0.1, -0.05) is 67.7 Å². The van der Waals surface area contributed by atoms with Crippen molar-refractivity contribution in [1.82, 2.24) is 4.98 Å². The van der Waals surface area contributed by atoms with Crippen molar-refractivity contribution in [2.75, 3.05) is 5.32 Å². The van der Waals surface area contributed by atoms with Crippen LogP contribution < -0.4 is 5.32 Å². The Hall–Kier alpha value is -2.72. The zero-order chi connectivity index (χ0) is 18.8. The van der Waals surface area contributed by atoms with Gasteiger partial charge in [-0.3, -0.25) is 4.79 Å². The molecule has 3 nitrogen and oxygen atoms in total. The number of carbonyl (C=O) groups excluding carboxylic acids is 1. The summed E-state index contributed by atoms with van der Waals surface area (Å²) in [6.07, 6.45) is 2.96. The third-order valence-electron chi connectivity index (χ3n) is 5.19. The Labute approximate surface area is 164 Å². The summed E-state index contributed by atoms with van der Waals surface area (Å²) in [5.74, 6) is 0.411. The maximum atomic E-state index is 13.1. The average molecular weight is 375 g/mol. The van der Waals surface area contributed by atoms with Crippen molar-refractivity contribution in [3.63, 3.8) is 0 Å². The van der Waals surface area contributed by atoms with E-state index < -0.39 is 0 Å². The number of anilines is 1. The molecule has 0 aliphatic heterocycles. The number of aromatic nitrogens is 1. The minimum absolute atomic E-state index is 0.132. The van der Waals surface area contributed by atoms with Crippen LogP contribution in [0, 0.1) is 10.6 Å². The molecule has 2 N–H and O–H groups in total. The van der Waals surface area contributed by atoms with Crippen LogP contribution in [0.25, 0.3) is 11.3 Å². The minimum atomic E-state index is -0.132. The molecule has 136 valence electrons. The smallest absolute Gasteiger partial charge is 0.258 e. The molecule has 2 aromatic carbocycles. The maximum absolute atomic E-state index is 13.1. The number of carbonyl (C=O) groups is 1. The first-order valence-electron chi connectivity index (χ1n) is 9.33. The van der Waals surface area contributed by atoms with Crippen LogP contribution in [-0.4, -0.2) is 10.9 Å². The largest absolute Gasteiger partial charge is 0.345 e. The number of pyridine rings is 1. The SMILES string of the molecule is C[C@@H]1CCc2c(-c3ccccc3)[nH]c(=S)c(C(=O)Nc3ccccc3)c2C1. The monoisotopic (exact) mass is 374 g/mol. The molecular weight excluding hydrogens is 352 g/mol. The molecule has 1 heterocycles. The van der Waals surface area contributed by atoms with Crippen LogP contribution in [-0.2, 0) is 12.8 Å². The van der Waals surface area contributed by atoms with E-state index in [0.717, 1.165) is 41.8 Å². The molecule has 1 amide bonds. The molecule has 4 rings (SSSR count). The van der Waals surface area contributed by atoms with Gasteiger partial charge in [0.25, 0.3) is 5.91 Å². The first-order valence-corrected chi connectivity index (χ1v) is 9.74. The highest BCUT2D eigenvalue weighted by molar-refractivity contribution is 7.71. The number of hydrogen-bond acceptors (Lipinski definition) is 2. The number of benzene rings is 2. The summed E-state index contributed by atoms with van der Waals surface area (Å²) >= 11 is 5.64. The van der Waals surface area contributed by atoms with Crippen molar-refractivity contribution < 1.29 is 4.79 Å². The second-order valence-corrected chi connectivity index (χ2v) is 7.60. The highest BCUT2D eigenvalue weighted by Crippen LogP contribution is 2.35. The number of H-pyrrole nitrogens is 1. The number of amides is 1. The van der Waals surface area contributed by atoms with E-state index in [4.69, 9.17) is 12.2 Å². The molecule has 0 radical (unpaired) electrons. The predicted molar refractivity (Wildman–Crippen MR) is 113 cm³/mol. The van der Waals surface area contributed by atoms with E-state index in [-0.39, 0.29) is 5.91 Å². The number of nitrogens with one attached hydrogen (secondary N) is 2. The Balaban J connectivity index is 1.83. The fraction of sp³-hybridized carbons (Fsp3) is 0.217. The van der Waals surface area contributed by atoms with Crippen molar-refractivity contribution in [2.24, 2.45) is 5.92 Å². The zero-order valence-electron chi connectivity index (χ0n) is 15.3. The van der Waals surface area contributed by atoms with Gasteiger partial charge in [-0.2, -0.15) is 0 Å².